The zero-order valence-electron chi connectivity index (χ0n) is 11.5. The van der Waals surface area contributed by atoms with Crippen LogP contribution in [0, 0.1) is 11.3 Å². The molecule has 2 unspecified atom stereocenters. The van der Waals surface area contributed by atoms with Crippen LogP contribution in [0.1, 0.15) is 51.0 Å². The van der Waals surface area contributed by atoms with Crippen LogP contribution in [-0.2, 0) is 4.79 Å². The van der Waals surface area contributed by atoms with Crippen molar-refractivity contribution in [1.29, 1.82) is 0 Å². The summed E-state index contributed by atoms with van der Waals surface area (Å²) >= 11 is 3.54. The highest BCUT2D eigenvalue weighted by Crippen LogP contribution is 2.52. The first kappa shape index (κ1) is 13.2. The summed E-state index contributed by atoms with van der Waals surface area (Å²) in [6.45, 7) is 4.64. The number of benzene rings is 1. The quantitative estimate of drug-likeness (QED) is 0.798. The Morgan fingerprint density at radius 1 is 1.32 bits per heavy atom. The lowest BCUT2D eigenvalue weighted by Gasteiger charge is -2.41. The third-order valence-electron chi connectivity index (χ3n) is 4.90. The van der Waals surface area contributed by atoms with E-state index in [9.17, 15) is 4.79 Å². The topological polar surface area (TPSA) is 29.1 Å². The Labute approximate surface area is 123 Å². The average molecular weight is 322 g/mol. The molecular weight excluding hydrogens is 302 g/mol. The van der Waals surface area contributed by atoms with E-state index in [-0.39, 0.29) is 17.2 Å². The molecule has 2 nitrogen and oxygen atoms in total. The number of halogens is 1. The van der Waals surface area contributed by atoms with E-state index < -0.39 is 0 Å². The molecule has 1 aromatic rings. The number of amides is 1. The maximum Gasteiger partial charge on any atom is 0.232 e. The van der Waals surface area contributed by atoms with Crippen LogP contribution >= 0.6 is 15.9 Å². The molecule has 0 radical (unpaired) electrons. The maximum atomic E-state index is 12.4. The fourth-order valence-electron chi connectivity index (χ4n) is 3.81. The highest BCUT2D eigenvalue weighted by Gasteiger charge is 2.45. The second kappa shape index (κ2) is 4.62. The molecule has 1 N–H and O–H groups in total. The number of carbonyl (C=O) groups excluding carboxylic acids is 1. The summed E-state index contributed by atoms with van der Waals surface area (Å²) < 4.78 is 0.995. The van der Waals surface area contributed by atoms with Gasteiger partial charge in [0.05, 0.1) is 11.6 Å². The molecule has 1 aliphatic carbocycles. The number of carbonyl (C=O) groups is 1. The third kappa shape index (κ3) is 2.12. The van der Waals surface area contributed by atoms with E-state index in [2.05, 4.69) is 41.2 Å². The molecule has 1 amide bonds. The van der Waals surface area contributed by atoms with Crippen molar-refractivity contribution in [2.45, 2.75) is 45.4 Å². The van der Waals surface area contributed by atoms with E-state index in [0.29, 0.717) is 5.92 Å². The van der Waals surface area contributed by atoms with E-state index in [0.717, 1.165) is 16.6 Å². The van der Waals surface area contributed by atoms with Crippen molar-refractivity contribution < 1.29 is 4.79 Å². The predicted molar refractivity (Wildman–Crippen MR) is 81.3 cm³/mol. The van der Waals surface area contributed by atoms with Gasteiger partial charge in [-0.2, -0.15) is 0 Å². The molecule has 1 aromatic carbocycles. The number of anilines is 1. The molecule has 0 bridgehead atoms. The first-order valence-electron chi connectivity index (χ1n) is 7.10. The fourth-order valence-corrected chi connectivity index (χ4v) is 4.29. The van der Waals surface area contributed by atoms with Gasteiger partial charge in [-0.15, -0.1) is 0 Å². The molecule has 19 heavy (non-hydrogen) atoms. The van der Waals surface area contributed by atoms with Gasteiger partial charge in [-0.25, -0.2) is 0 Å². The van der Waals surface area contributed by atoms with Gasteiger partial charge in [-0.1, -0.05) is 38.8 Å². The molecule has 3 heteroatoms. The van der Waals surface area contributed by atoms with Crippen LogP contribution < -0.4 is 5.32 Å². The number of rotatable bonds is 1. The SMILES string of the molecule is CC1(C)CCCCC1C1C(=O)Nc2c(Br)cccc21. The summed E-state index contributed by atoms with van der Waals surface area (Å²) in [7, 11) is 0. The summed E-state index contributed by atoms with van der Waals surface area (Å²) in [6.07, 6.45) is 4.94. The highest BCUT2D eigenvalue weighted by atomic mass is 79.9. The zero-order valence-corrected chi connectivity index (χ0v) is 13.1. The minimum atomic E-state index is 0.0304. The molecule has 1 saturated carbocycles. The Kier molecular flexibility index (Phi) is 3.20. The molecule has 0 aromatic heterocycles. The minimum Gasteiger partial charge on any atom is -0.324 e. The monoisotopic (exact) mass is 321 g/mol. The number of para-hydroxylation sites is 1. The average Bonchev–Trinajstić information content (AvgIpc) is 2.67. The minimum absolute atomic E-state index is 0.0304. The van der Waals surface area contributed by atoms with Gasteiger partial charge in [0.1, 0.15) is 0 Å². The molecule has 0 spiro atoms. The van der Waals surface area contributed by atoms with E-state index in [1.165, 1.54) is 24.8 Å². The van der Waals surface area contributed by atoms with Crippen LogP contribution in [0.5, 0.6) is 0 Å². The van der Waals surface area contributed by atoms with Crippen LogP contribution in [0.3, 0.4) is 0 Å². The van der Waals surface area contributed by atoms with Crippen LogP contribution in [0.25, 0.3) is 0 Å². The first-order chi connectivity index (χ1) is 9.00. The molecule has 1 aliphatic heterocycles. The zero-order chi connectivity index (χ0) is 13.6. The lowest BCUT2D eigenvalue weighted by molar-refractivity contribution is -0.119. The Morgan fingerprint density at radius 3 is 2.84 bits per heavy atom. The normalized spacial score (nSPS) is 28.9. The van der Waals surface area contributed by atoms with Crippen molar-refractivity contribution in [3.05, 3.63) is 28.2 Å². The highest BCUT2D eigenvalue weighted by molar-refractivity contribution is 9.10. The van der Waals surface area contributed by atoms with E-state index in [4.69, 9.17) is 0 Å². The van der Waals surface area contributed by atoms with Gasteiger partial charge in [0.15, 0.2) is 0 Å². The van der Waals surface area contributed by atoms with Gasteiger partial charge in [0.2, 0.25) is 5.91 Å². The molecule has 102 valence electrons. The summed E-state index contributed by atoms with van der Waals surface area (Å²) in [5.41, 5.74) is 2.42. The molecule has 1 fully saturated rings. The summed E-state index contributed by atoms with van der Waals surface area (Å²) in [4.78, 5) is 12.4. The number of fused-ring (bicyclic) bond motifs is 1. The third-order valence-corrected chi connectivity index (χ3v) is 5.56. The van der Waals surface area contributed by atoms with Gasteiger partial charge in [-0.05, 0) is 51.7 Å². The largest absolute Gasteiger partial charge is 0.324 e. The van der Waals surface area contributed by atoms with Crippen LogP contribution in [-0.4, -0.2) is 5.91 Å². The standard InChI is InChI=1S/C16H20BrNO/c1-16(2)9-4-3-7-11(16)13-10-6-5-8-12(17)14(10)18-15(13)19/h5-6,8,11,13H,3-4,7,9H2,1-2H3,(H,18,19). The van der Waals surface area contributed by atoms with Crippen molar-refractivity contribution in [2.75, 3.05) is 5.32 Å². The second-order valence-corrected chi connectivity index (χ2v) is 7.37. The van der Waals surface area contributed by atoms with Crippen molar-refractivity contribution >= 4 is 27.5 Å². The van der Waals surface area contributed by atoms with Crippen molar-refractivity contribution in [1.82, 2.24) is 0 Å². The van der Waals surface area contributed by atoms with Gasteiger partial charge in [0, 0.05) is 4.47 Å². The molecule has 2 atom stereocenters. The van der Waals surface area contributed by atoms with E-state index in [1.54, 1.807) is 0 Å². The first-order valence-corrected chi connectivity index (χ1v) is 7.89. The summed E-state index contributed by atoms with van der Waals surface area (Å²) in [6, 6.07) is 6.13. The smallest absolute Gasteiger partial charge is 0.232 e. The molecule has 3 rings (SSSR count). The van der Waals surface area contributed by atoms with Gasteiger partial charge < -0.3 is 5.32 Å². The Hall–Kier alpha value is -0.830. The molecule has 0 saturated heterocycles. The lowest BCUT2D eigenvalue weighted by Crippen LogP contribution is -2.35. The summed E-state index contributed by atoms with van der Waals surface area (Å²) in [5, 5.41) is 3.07. The molecule has 1 heterocycles. The van der Waals surface area contributed by atoms with Crippen LogP contribution in [0.4, 0.5) is 5.69 Å². The maximum absolute atomic E-state index is 12.4. The predicted octanol–water partition coefficient (Wildman–Crippen LogP) is 4.70. The molecular formula is C16H20BrNO. The van der Waals surface area contributed by atoms with Gasteiger partial charge in [-0.3, -0.25) is 4.79 Å². The van der Waals surface area contributed by atoms with Gasteiger partial charge >= 0.3 is 0 Å². The summed E-state index contributed by atoms with van der Waals surface area (Å²) in [5.74, 6) is 0.668. The number of hydrogen-bond donors (Lipinski definition) is 1. The van der Waals surface area contributed by atoms with Gasteiger partial charge in [0.25, 0.3) is 0 Å². The Morgan fingerprint density at radius 2 is 2.11 bits per heavy atom. The van der Waals surface area contributed by atoms with Crippen LogP contribution in [0.2, 0.25) is 0 Å². The lowest BCUT2D eigenvalue weighted by atomic mass is 9.63. The van der Waals surface area contributed by atoms with E-state index >= 15 is 0 Å². The van der Waals surface area contributed by atoms with Crippen molar-refractivity contribution in [3.8, 4) is 0 Å². The van der Waals surface area contributed by atoms with E-state index in [1.807, 2.05) is 12.1 Å². The van der Waals surface area contributed by atoms with Crippen LogP contribution in [0.15, 0.2) is 22.7 Å². The molecule has 2 aliphatic rings. The fraction of sp³-hybridized carbons (Fsp3) is 0.562. The number of nitrogens with one attached hydrogen (secondary N) is 1. The Bertz CT molecular complexity index is 523. The van der Waals surface area contributed by atoms with Crippen molar-refractivity contribution in [2.24, 2.45) is 11.3 Å². The van der Waals surface area contributed by atoms with Crippen molar-refractivity contribution in [3.63, 3.8) is 0 Å². The number of hydrogen-bond acceptors (Lipinski definition) is 1. The second-order valence-electron chi connectivity index (χ2n) is 6.51. The Balaban J connectivity index is 2.02.